The minimum absolute atomic E-state index is 0.648. The summed E-state index contributed by atoms with van der Waals surface area (Å²) >= 11 is 5.12. The molecular formula is C6H2ClF3N2O2. The summed E-state index contributed by atoms with van der Waals surface area (Å²) in [6.07, 6.45) is -4.04. The lowest BCUT2D eigenvalue weighted by Gasteiger charge is -2.07. The fraction of sp³-hybridized carbons (Fsp3) is 0.167. The van der Waals surface area contributed by atoms with Crippen molar-refractivity contribution in [2.24, 2.45) is 0 Å². The Labute approximate surface area is 80.5 Å². The topological polar surface area (TPSA) is 56.0 Å². The zero-order chi connectivity index (χ0) is 10.9. The van der Waals surface area contributed by atoms with E-state index in [1.54, 1.807) is 0 Å². The van der Waals surface area contributed by atoms with Gasteiger partial charge in [0, 0.05) is 12.3 Å². The minimum Gasteiger partial charge on any atom is -0.258 e. The standard InChI is InChI=1S/C6H2ClF3N2O2/c7-5-4(6(8,9)10)3(12(13)14)1-2-11-5/h1-2H. The van der Waals surface area contributed by atoms with E-state index in [-0.39, 0.29) is 0 Å². The Bertz CT molecular complexity index is 380. The molecule has 0 aliphatic heterocycles. The molecule has 1 aromatic heterocycles. The largest absolute Gasteiger partial charge is 0.426 e. The average molecular weight is 227 g/mol. The van der Waals surface area contributed by atoms with E-state index in [2.05, 4.69) is 4.98 Å². The zero-order valence-electron chi connectivity index (χ0n) is 6.38. The van der Waals surface area contributed by atoms with Gasteiger partial charge in [-0.15, -0.1) is 0 Å². The Morgan fingerprint density at radius 2 is 2.07 bits per heavy atom. The van der Waals surface area contributed by atoms with E-state index in [0.29, 0.717) is 6.07 Å². The average Bonchev–Trinajstić information content (AvgIpc) is 2.01. The maximum Gasteiger partial charge on any atom is 0.426 e. The maximum atomic E-state index is 12.2. The second kappa shape index (κ2) is 3.41. The van der Waals surface area contributed by atoms with Crippen LogP contribution in [0.1, 0.15) is 5.56 Å². The molecule has 0 radical (unpaired) electrons. The van der Waals surface area contributed by atoms with Crippen LogP contribution in [0.15, 0.2) is 12.3 Å². The van der Waals surface area contributed by atoms with Crippen LogP contribution in [0.2, 0.25) is 5.15 Å². The third-order valence-corrected chi connectivity index (χ3v) is 1.65. The van der Waals surface area contributed by atoms with Crippen molar-refractivity contribution in [1.82, 2.24) is 4.98 Å². The van der Waals surface area contributed by atoms with Crippen LogP contribution < -0.4 is 0 Å². The maximum absolute atomic E-state index is 12.2. The van der Waals surface area contributed by atoms with Gasteiger partial charge < -0.3 is 0 Å². The lowest BCUT2D eigenvalue weighted by atomic mass is 10.2. The summed E-state index contributed by atoms with van der Waals surface area (Å²) in [4.78, 5) is 12.2. The third-order valence-electron chi connectivity index (χ3n) is 1.36. The molecule has 0 amide bonds. The molecule has 4 nitrogen and oxygen atoms in total. The Morgan fingerprint density at radius 3 is 2.43 bits per heavy atom. The van der Waals surface area contributed by atoms with Crippen LogP contribution in [0, 0.1) is 10.1 Å². The Hall–Kier alpha value is -1.37. The zero-order valence-corrected chi connectivity index (χ0v) is 7.13. The van der Waals surface area contributed by atoms with E-state index in [1.807, 2.05) is 0 Å². The van der Waals surface area contributed by atoms with Gasteiger partial charge in [-0.25, -0.2) is 4.98 Å². The number of nitrogens with zero attached hydrogens (tertiary/aromatic N) is 2. The highest BCUT2D eigenvalue weighted by Gasteiger charge is 2.41. The first-order valence-corrected chi connectivity index (χ1v) is 3.58. The summed E-state index contributed by atoms with van der Waals surface area (Å²) in [6, 6.07) is 0.648. The smallest absolute Gasteiger partial charge is 0.258 e. The summed E-state index contributed by atoms with van der Waals surface area (Å²) < 4.78 is 36.7. The summed E-state index contributed by atoms with van der Waals surface area (Å²) in [5, 5.41) is 9.32. The number of halogens is 4. The molecule has 0 spiro atoms. The summed E-state index contributed by atoms with van der Waals surface area (Å²) in [6.45, 7) is 0. The Balaban J connectivity index is 3.45. The van der Waals surface area contributed by atoms with Crippen molar-refractivity contribution < 1.29 is 18.1 Å². The van der Waals surface area contributed by atoms with Gasteiger partial charge in [0.2, 0.25) is 0 Å². The SMILES string of the molecule is O=[N+]([O-])c1ccnc(Cl)c1C(F)(F)F. The molecule has 76 valence electrons. The van der Waals surface area contributed by atoms with E-state index < -0.39 is 27.5 Å². The summed E-state index contributed by atoms with van der Waals surface area (Å²) in [5.74, 6) is 0. The van der Waals surface area contributed by atoms with Crippen LogP contribution in [-0.2, 0) is 6.18 Å². The quantitative estimate of drug-likeness (QED) is 0.420. The van der Waals surface area contributed by atoms with Gasteiger partial charge in [0.25, 0.3) is 5.69 Å². The molecule has 0 saturated carbocycles. The first kappa shape index (κ1) is 10.7. The third kappa shape index (κ3) is 1.92. The van der Waals surface area contributed by atoms with Crippen LogP contribution >= 0.6 is 11.6 Å². The molecule has 1 rings (SSSR count). The molecule has 0 N–H and O–H groups in total. The number of hydrogen-bond acceptors (Lipinski definition) is 3. The van der Waals surface area contributed by atoms with Crippen molar-refractivity contribution in [2.45, 2.75) is 6.18 Å². The van der Waals surface area contributed by atoms with Crippen LogP contribution in [0.3, 0.4) is 0 Å². The highest BCUT2D eigenvalue weighted by molar-refractivity contribution is 6.30. The van der Waals surface area contributed by atoms with Crippen molar-refractivity contribution in [1.29, 1.82) is 0 Å². The van der Waals surface area contributed by atoms with Crippen molar-refractivity contribution in [2.75, 3.05) is 0 Å². The number of pyridine rings is 1. The highest BCUT2D eigenvalue weighted by Crippen LogP contribution is 2.39. The Morgan fingerprint density at radius 1 is 1.50 bits per heavy atom. The van der Waals surface area contributed by atoms with Gasteiger partial charge in [0.05, 0.1) is 4.92 Å². The molecular weight excluding hydrogens is 225 g/mol. The molecule has 0 atom stereocenters. The predicted molar refractivity (Wildman–Crippen MR) is 40.9 cm³/mol. The van der Waals surface area contributed by atoms with Gasteiger partial charge >= 0.3 is 6.18 Å². The van der Waals surface area contributed by atoms with Crippen molar-refractivity contribution >= 4 is 17.3 Å². The first-order valence-electron chi connectivity index (χ1n) is 3.20. The van der Waals surface area contributed by atoms with Crippen LogP contribution in [0.25, 0.3) is 0 Å². The lowest BCUT2D eigenvalue weighted by Crippen LogP contribution is -2.10. The number of hydrogen-bond donors (Lipinski definition) is 0. The van der Waals surface area contributed by atoms with Gasteiger partial charge in [0.1, 0.15) is 5.15 Å². The molecule has 1 heterocycles. The number of rotatable bonds is 1. The lowest BCUT2D eigenvalue weighted by molar-refractivity contribution is -0.388. The van der Waals surface area contributed by atoms with E-state index in [1.165, 1.54) is 0 Å². The van der Waals surface area contributed by atoms with E-state index >= 15 is 0 Å². The van der Waals surface area contributed by atoms with Gasteiger partial charge in [0.15, 0.2) is 5.56 Å². The first-order chi connectivity index (χ1) is 6.34. The van der Waals surface area contributed by atoms with E-state index in [4.69, 9.17) is 11.6 Å². The van der Waals surface area contributed by atoms with Crippen molar-refractivity contribution in [3.8, 4) is 0 Å². The van der Waals surface area contributed by atoms with Crippen LogP contribution in [-0.4, -0.2) is 9.91 Å². The normalized spacial score (nSPS) is 11.4. The summed E-state index contributed by atoms with van der Waals surface area (Å²) in [5.41, 5.74) is -2.62. The van der Waals surface area contributed by atoms with Crippen LogP contribution in [0.4, 0.5) is 18.9 Å². The molecule has 0 aromatic carbocycles. The second-order valence-electron chi connectivity index (χ2n) is 2.25. The van der Waals surface area contributed by atoms with E-state index in [0.717, 1.165) is 6.20 Å². The number of aromatic nitrogens is 1. The number of alkyl halides is 3. The van der Waals surface area contributed by atoms with Gasteiger partial charge in [-0.05, 0) is 0 Å². The fourth-order valence-electron chi connectivity index (χ4n) is 0.841. The number of nitro groups is 1. The van der Waals surface area contributed by atoms with Crippen LogP contribution in [0.5, 0.6) is 0 Å². The highest BCUT2D eigenvalue weighted by atomic mass is 35.5. The fourth-order valence-corrected chi connectivity index (χ4v) is 1.10. The molecule has 14 heavy (non-hydrogen) atoms. The van der Waals surface area contributed by atoms with Gasteiger partial charge in [-0.3, -0.25) is 10.1 Å². The minimum atomic E-state index is -4.88. The van der Waals surface area contributed by atoms with E-state index in [9.17, 15) is 23.3 Å². The molecule has 0 bridgehead atoms. The van der Waals surface area contributed by atoms with Crippen molar-refractivity contribution in [3.63, 3.8) is 0 Å². The molecule has 0 aliphatic carbocycles. The molecule has 0 unspecified atom stereocenters. The molecule has 0 saturated heterocycles. The predicted octanol–water partition coefficient (Wildman–Crippen LogP) is 2.66. The Kier molecular flexibility index (Phi) is 2.61. The van der Waals surface area contributed by atoms with Crippen molar-refractivity contribution in [3.05, 3.63) is 33.1 Å². The summed E-state index contributed by atoms with van der Waals surface area (Å²) in [7, 11) is 0. The monoisotopic (exact) mass is 226 g/mol. The molecule has 0 fully saturated rings. The van der Waals surface area contributed by atoms with Gasteiger partial charge in [-0.1, -0.05) is 11.6 Å². The molecule has 1 aromatic rings. The second-order valence-corrected chi connectivity index (χ2v) is 2.61. The van der Waals surface area contributed by atoms with Gasteiger partial charge in [-0.2, -0.15) is 13.2 Å². The molecule has 0 aliphatic rings. The molecule has 8 heteroatoms.